The Bertz CT molecular complexity index is 634. The molecular weight excluding hydrogens is 293 g/mol. The Hall–Kier alpha value is -1.92. The number of halogens is 2. The summed E-state index contributed by atoms with van der Waals surface area (Å²) in [6, 6.07) is 5.81. The van der Waals surface area contributed by atoms with E-state index in [1.165, 1.54) is 12.1 Å². The second-order valence-corrected chi connectivity index (χ2v) is 6.08. The molecule has 1 heterocycles. The van der Waals surface area contributed by atoms with E-state index in [9.17, 15) is 4.39 Å². The van der Waals surface area contributed by atoms with Crippen molar-refractivity contribution in [2.75, 3.05) is 10.7 Å². The van der Waals surface area contributed by atoms with Gasteiger partial charge in [-0.2, -0.15) is 0 Å². The Morgan fingerprint density at radius 1 is 1.10 bits per heavy atom. The van der Waals surface area contributed by atoms with E-state index in [0.717, 1.165) is 0 Å². The average Bonchev–Trinajstić information content (AvgIpc) is 2.36. The average molecular weight is 310 g/mol. The van der Waals surface area contributed by atoms with Gasteiger partial charge in [-0.05, 0) is 18.2 Å². The number of benzene rings is 1. The SMILES string of the molecule is CC(C)(C)c1nc(NN)cc(Nc2cc(F)cc(Cl)c2)n1. The number of rotatable bonds is 3. The molecule has 112 valence electrons. The Balaban J connectivity index is 2.39. The summed E-state index contributed by atoms with van der Waals surface area (Å²) in [7, 11) is 0. The second-order valence-electron chi connectivity index (χ2n) is 5.64. The fourth-order valence-corrected chi connectivity index (χ4v) is 1.92. The first-order valence-electron chi connectivity index (χ1n) is 6.37. The van der Waals surface area contributed by atoms with Gasteiger partial charge in [-0.1, -0.05) is 32.4 Å². The summed E-state index contributed by atoms with van der Waals surface area (Å²) in [5.74, 6) is 6.59. The third-order valence-corrected chi connectivity index (χ3v) is 2.90. The smallest absolute Gasteiger partial charge is 0.145 e. The summed E-state index contributed by atoms with van der Waals surface area (Å²) < 4.78 is 13.4. The molecule has 0 aliphatic rings. The minimum atomic E-state index is -0.424. The van der Waals surface area contributed by atoms with Crippen LogP contribution in [0.2, 0.25) is 5.02 Å². The summed E-state index contributed by atoms with van der Waals surface area (Å²) in [4.78, 5) is 8.74. The van der Waals surface area contributed by atoms with Crippen molar-refractivity contribution >= 4 is 28.9 Å². The molecule has 21 heavy (non-hydrogen) atoms. The minimum absolute atomic E-state index is 0.247. The molecule has 0 unspecified atom stereocenters. The lowest BCUT2D eigenvalue weighted by molar-refractivity contribution is 0.547. The summed E-state index contributed by atoms with van der Waals surface area (Å²) in [6.07, 6.45) is 0. The van der Waals surface area contributed by atoms with Gasteiger partial charge in [-0.3, -0.25) is 0 Å². The molecule has 0 aliphatic heterocycles. The lowest BCUT2D eigenvalue weighted by Crippen LogP contribution is -2.19. The molecule has 0 radical (unpaired) electrons. The van der Waals surface area contributed by atoms with Crippen LogP contribution in [0.15, 0.2) is 24.3 Å². The van der Waals surface area contributed by atoms with Crippen LogP contribution in [-0.2, 0) is 5.41 Å². The largest absolute Gasteiger partial charge is 0.340 e. The highest BCUT2D eigenvalue weighted by Gasteiger charge is 2.19. The van der Waals surface area contributed by atoms with Gasteiger partial charge in [0, 0.05) is 22.2 Å². The Morgan fingerprint density at radius 2 is 1.76 bits per heavy atom. The monoisotopic (exact) mass is 309 g/mol. The van der Waals surface area contributed by atoms with Crippen LogP contribution in [0.25, 0.3) is 0 Å². The Morgan fingerprint density at radius 3 is 2.33 bits per heavy atom. The Kier molecular flexibility index (Phi) is 4.29. The van der Waals surface area contributed by atoms with Gasteiger partial charge in [-0.25, -0.2) is 20.2 Å². The summed E-state index contributed by atoms with van der Waals surface area (Å²) in [5.41, 5.74) is 2.75. The van der Waals surface area contributed by atoms with Gasteiger partial charge in [0.25, 0.3) is 0 Å². The highest BCUT2D eigenvalue weighted by atomic mass is 35.5. The molecule has 0 bridgehead atoms. The maximum absolute atomic E-state index is 13.4. The molecule has 2 aromatic rings. The number of anilines is 3. The van der Waals surface area contributed by atoms with Crippen molar-refractivity contribution in [2.45, 2.75) is 26.2 Å². The number of hydrogen-bond donors (Lipinski definition) is 3. The predicted octanol–water partition coefficient (Wildman–Crippen LogP) is 3.60. The minimum Gasteiger partial charge on any atom is -0.340 e. The standard InChI is InChI=1S/C14H17ClFN5/c1-14(2,3)13-19-11(7-12(20-13)21-17)18-10-5-8(15)4-9(16)6-10/h4-7H,17H2,1-3H3,(H2,18,19,20,21). The number of nitrogen functional groups attached to an aromatic ring is 1. The molecule has 0 saturated heterocycles. The molecule has 0 saturated carbocycles. The normalized spacial score (nSPS) is 11.3. The summed E-state index contributed by atoms with van der Waals surface area (Å²) in [5, 5.41) is 3.31. The van der Waals surface area contributed by atoms with Crippen molar-refractivity contribution in [1.29, 1.82) is 0 Å². The first-order valence-corrected chi connectivity index (χ1v) is 6.75. The van der Waals surface area contributed by atoms with Gasteiger partial charge >= 0.3 is 0 Å². The molecule has 1 aromatic carbocycles. The molecule has 2 rings (SSSR count). The zero-order valence-electron chi connectivity index (χ0n) is 12.0. The molecule has 0 fully saturated rings. The Labute approximate surface area is 127 Å². The van der Waals surface area contributed by atoms with Gasteiger partial charge in [0.1, 0.15) is 23.3 Å². The number of nitrogens with two attached hydrogens (primary N) is 1. The predicted molar refractivity (Wildman–Crippen MR) is 83.2 cm³/mol. The van der Waals surface area contributed by atoms with Gasteiger partial charge in [0.05, 0.1) is 0 Å². The van der Waals surface area contributed by atoms with Crippen molar-refractivity contribution in [1.82, 2.24) is 9.97 Å². The molecule has 1 aromatic heterocycles. The number of hydrogen-bond acceptors (Lipinski definition) is 5. The third-order valence-electron chi connectivity index (χ3n) is 2.68. The fraction of sp³-hybridized carbons (Fsp3) is 0.286. The molecule has 0 spiro atoms. The lowest BCUT2D eigenvalue weighted by Gasteiger charge is -2.18. The van der Waals surface area contributed by atoms with Crippen LogP contribution in [0, 0.1) is 5.82 Å². The van der Waals surface area contributed by atoms with Crippen molar-refractivity contribution in [3.05, 3.63) is 40.9 Å². The fourth-order valence-electron chi connectivity index (χ4n) is 1.69. The van der Waals surface area contributed by atoms with Crippen LogP contribution in [0.1, 0.15) is 26.6 Å². The van der Waals surface area contributed by atoms with Crippen molar-refractivity contribution < 1.29 is 4.39 Å². The number of nitrogens with zero attached hydrogens (tertiary/aromatic N) is 2. The van der Waals surface area contributed by atoms with E-state index in [1.807, 2.05) is 20.8 Å². The maximum atomic E-state index is 13.4. The molecule has 5 nitrogen and oxygen atoms in total. The molecule has 0 aliphatic carbocycles. The summed E-state index contributed by atoms with van der Waals surface area (Å²) >= 11 is 5.83. The first-order chi connectivity index (χ1) is 9.77. The van der Waals surface area contributed by atoms with Gasteiger partial charge in [-0.15, -0.1) is 0 Å². The van der Waals surface area contributed by atoms with Crippen LogP contribution in [0.3, 0.4) is 0 Å². The van der Waals surface area contributed by atoms with E-state index in [1.54, 1.807) is 12.1 Å². The molecular formula is C14H17ClFN5. The van der Waals surface area contributed by atoms with Gasteiger partial charge < -0.3 is 10.7 Å². The number of aromatic nitrogens is 2. The van der Waals surface area contributed by atoms with E-state index in [0.29, 0.717) is 28.2 Å². The molecule has 4 N–H and O–H groups in total. The maximum Gasteiger partial charge on any atom is 0.145 e. The quantitative estimate of drug-likeness (QED) is 0.596. The van der Waals surface area contributed by atoms with Crippen LogP contribution in [0.5, 0.6) is 0 Å². The van der Waals surface area contributed by atoms with E-state index in [4.69, 9.17) is 17.4 Å². The number of hydrazine groups is 1. The van der Waals surface area contributed by atoms with E-state index in [2.05, 4.69) is 20.7 Å². The van der Waals surface area contributed by atoms with E-state index >= 15 is 0 Å². The molecule has 0 amide bonds. The van der Waals surface area contributed by atoms with Gasteiger partial charge in [0.15, 0.2) is 0 Å². The van der Waals surface area contributed by atoms with Crippen molar-refractivity contribution in [3.8, 4) is 0 Å². The van der Waals surface area contributed by atoms with Crippen LogP contribution in [0.4, 0.5) is 21.7 Å². The zero-order chi connectivity index (χ0) is 15.6. The van der Waals surface area contributed by atoms with Crippen LogP contribution < -0.4 is 16.6 Å². The van der Waals surface area contributed by atoms with E-state index in [-0.39, 0.29) is 5.41 Å². The highest BCUT2D eigenvalue weighted by molar-refractivity contribution is 6.30. The van der Waals surface area contributed by atoms with Crippen molar-refractivity contribution in [2.24, 2.45) is 5.84 Å². The topological polar surface area (TPSA) is 75.9 Å². The molecule has 7 heteroatoms. The van der Waals surface area contributed by atoms with Crippen LogP contribution in [-0.4, -0.2) is 9.97 Å². The lowest BCUT2D eigenvalue weighted by atomic mass is 9.96. The first kappa shape index (κ1) is 15.5. The van der Waals surface area contributed by atoms with E-state index < -0.39 is 5.82 Å². The zero-order valence-corrected chi connectivity index (χ0v) is 12.8. The molecule has 0 atom stereocenters. The number of nitrogens with one attached hydrogen (secondary N) is 2. The van der Waals surface area contributed by atoms with Crippen molar-refractivity contribution in [3.63, 3.8) is 0 Å². The van der Waals surface area contributed by atoms with Gasteiger partial charge in [0.2, 0.25) is 0 Å². The summed E-state index contributed by atoms with van der Waals surface area (Å²) in [6.45, 7) is 5.97. The second kappa shape index (κ2) is 5.83. The van der Waals surface area contributed by atoms with Crippen LogP contribution >= 0.6 is 11.6 Å². The highest BCUT2D eigenvalue weighted by Crippen LogP contribution is 2.25. The third kappa shape index (κ3) is 4.03.